The highest BCUT2D eigenvalue weighted by Crippen LogP contribution is 2.22. The smallest absolute Gasteiger partial charge is 0.235 e. The highest BCUT2D eigenvalue weighted by atomic mass is 32.2. The molecule has 0 saturated carbocycles. The standard InChI is InChI=1S/C20H21FN4O2S/c1-13-7-8-17(27-13)9-10-18-22-20(24-23-18)28-14(2)19(26)25(3)12-15-5-4-6-16(21)11-15/h4-11,14H,12H2,1-3H3,(H,22,23,24)/b10-9+/t14-/m0/s1. The third-order valence-electron chi connectivity index (χ3n) is 3.96. The van der Waals surface area contributed by atoms with E-state index in [4.69, 9.17) is 4.42 Å². The molecular weight excluding hydrogens is 379 g/mol. The maximum absolute atomic E-state index is 13.3. The first-order valence-corrected chi connectivity index (χ1v) is 9.61. The number of halogens is 1. The van der Waals surface area contributed by atoms with Gasteiger partial charge in [0.25, 0.3) is 0 Å². The number of hydrogen-bond donors (Lipinski definition) is 1. The minimum absolute atomic E-state index is 0.0813. The molecule has 0 aliphatic carbocycles. The summed E-state index contributed by atoms with van der Waals surface area (Å²) in [7, 11) is 1.70. The summed E-state index contributed by atoms with van der Waals surface area (Å²) in [4.78, 5) is 18.5. The summed E-state index contributed by atoms with van der Waals surface area (Å²) in [5, 5.41) is 7.07. The summed E-state index contributed by atoms with van der Waals surface area (Å²) in [6.45, 7) is 4.02. The molecule has 1 N–H and O–H groups in total. The van der Waals surface area contributed by atoms with Crippen LogP contribution in [-0.4, -0.2) is 38.3 Å². The summed E-state index contributed by atoms with van der Waals surface area (Å²) < 4.78 is 18.8. The van der Waals surface area contributed by atoms with E-state index in [1.807, 2.05) is 19.1 Å². The van der Waals surface area contributed by atoms with Crippen LogP contribution in [-0.2, 0) is 11.3 Å². The normalized spacial score (nSPS) is 12.4. The van der Waals surface area contributed by atoms with Gasteiger partial charge in [-0.3, -0.25) is 9.89 Å². The first-order chi connectivity index (χ1) is 13.4. The third-order valence-corrected chi connectivity index (χ3v) is 4.91. The zero-order valence-electron chi connectivity index (χ0n) is 15.8. The van der Waals surface area contributed by atoms with Gasteiger partial charge < -0.3 is 9.32 Å². The van der Waals surface area contributed by atoms with E-state index < -0.39 is 0 Å². The van der Waals surface area contributed by atoms with E-state index in [0.29, 0.717) is 17.5 Å². The van der Waals surface area contributed by atoms with Gasteiger partial charge >= 0.3 is 0 Å². The molecule has 0 spiro atoms. The predicted octanol–water partition coefficient (Wildman–Crippen LogP) is 4.15. The van der Waals surface area contributed by atoms with Gasteiger partial charge in [-0.2, -0.15) is 0 Å². The second-order valence-corrected chi connectivity index (χ2v) is 7.68. The van der Waals surface area contributed by atoms with E-state index in [0.717, 1.165) is 17.1 Å². The second-order valence-electron chi connectivity index (χ2n) is 6.37. The van der Waals surface area contributed by atoms with Gasteiger partial charge in [-0.25, -0.2) is 9.37 Å². The zero-order valence-corrected chi connectivity index (χ0v) is 16.7. The van der Waals surface area contributed by atoms with Crippen LogP contribution in [0.4, 0.5) is 4.39 Å². The molecule has 146 valence electrons. The predicted molar refractivity (Wildman–Crippen MR) is 107 cm³/mol. The van der Waals surface area contributed by atoms with Gasteiger partial charge in [0, 0.05) is 13.6 Å². The molecule has 0 bridgehead atoms. The number of nitrogens with zero attached hydrogens (tertiary/aromatic N) is 3. The lowest BCUT2D eigenvalue weighted by Gasteiger charge is -2.20. The van der Waals surface area contributed by atoms with Crippen molar-refractivity contribution in [2.24, 2.45) is 0 Å². The van der Waals surface area contributed by atoms with Gasteiger partial charge in [-0.1, -0.05) is 23.9 Å². The number of nitrogens with one attached hydrogen (secondary N) is 1. The van der Waals surface area contributed by atoms with Crippen molar-refractivity contribution >= 4 is 29.8 Å². The summed E-state index contributed by atoms with van der Waals surface area (Å²) in [5.41, 5.74) is 0.742. The maximum atomic E-state index is 13.3. The summed E-state index contributed by atoms with van der Waals surface area (Å²) in [5.74, 6) is 1.74. The van der Waals surface area contributed by atoms with Crippen LogP contribution in [0.15, 0.2) is 46.0 Å². The molecule has 0 saturated heterocycles. The van der Waals surface area contributed by atoms with Crippen LogP contribution in [0.2, 0.25) is 0 Å². The number of aromatic nitrogens is 3. The van der Waals surface area contributed by atoms with Crippen LogP contribution < -0.4 is 0 Å². The van der Waals surface area contributed by atoms with Crippen LogP contribution in [0.3, 0.4) is 0 Å². The molecular formula is C20H21FN4O2S. The van der Waals surface area contributed by atoms with Gasteiger partial charge in [0.2, 0.25) is 11.1 Å². The van der Waals surface area contributed by atoms with Crippen molar-refractivity contribution in [2.45, 2.75) is 30.8 Å². The molecule has 2 aromatic heterocycles. The lowest BCUT2D eigenvalue weighted by Crippen LogP contribution is -2.32. The average Bonchev–Trinajstić information content (AvgIpc) is 3.28. The highest BCUT2D eigenvalue weighted by Gasteiger charge is 2.20. The lowest BCUT2D eigenvalue weighted by atomic mass is 10.2. The molecule has 3 rings (SSSR count). The molecule has 6 nitrogen and oxygen atoms in total. The van der Waals surface area contributed by atoms with Crippen LogP contribution >= 0.6 is 11.8 Å². The number of amides is 1. The molecule has 0 unspecified atom stereocenters. The molecule has 1 aromatic carbocycles. The van der Waals surface area contributed by atoms with Crippen LogP contribution in [0, 0.1) is 12.7 Å². The number of thioether (sulfide) groups is 1. The van der Waals surface area contributed by atoms with Gasteiger partial charge in [0.1, 0.15) is 23.2 Å². The molecule has 28 heavy (non-hydrogen) atoms. The van der Waals surface area contributed by atoms with Crippen molar-refractivity contribution in [3.63, 3.8) is 0 Å². The number of carbonyl (C=O) groups is 1. The Hall–Kier alpha value is -2.87. The molecule has 2 heterocycles. The molecule has 3 aromatic rings. The molecule has 0 aliphatic heterocycles. The number of aryl methyl sites for hydroxylation is 1. The van der Waals surface area contributed by atoms with E-state index >= 15 is 0 Å². The Labute approximate surface area is 166 Å². The average molecular weight is 400 g/mol. The Balaban J connectivity index is 1.56. The number of furan rings is 1. The lowest BCUT2D eigenvalue weighted by molar-refractivity contribution is -0.129. The molecule has 0 aliphatic rings. The number of H-pyrrole nitrogens is 1. The largest absolute Gasteiger partial charge is 0.462 e. The molecule has 8 heteroatoms. The monoisotopic (exact) mass is 400 g/mol. The van der Waals surface area contributed by atoms with Gasteiger partial charge in [-0.05, 0) is 55.8 Å². The van der Waals surface area contributed by atoms with E-state index in [-0.39, 0.29) is 17.0 Å². The number of aromatic amines is 1. The Morgan fingerprint density at radius 3 is 2.89 bits per heavy atom. The zero-order chi connectivity index (χ0) is 20.1. The van der Waals surface area contributed by atoms with Gasteiger partial charge in [0.15, 0.2) is 0 Å². The van der Waals surface area contributed by atoms with Crippen LogP contribution in [0.1, 0.15) is 29.8 Å². The summed E-state index contributed by atoms with van der Waals surface area (Å²) in [6.07, 6.45) is 3.56. The number of rotatable bonds is 7. The van der Waals surface area contributed by atoms with E-state index in [2.05, 4.69) is 15.2 Å². The summed E-state index contributed by atoms with van der Waals surface area (Å²) >= 11 is 1.26. The van der Waals surface area contributed by atoms with Crippen LogP contribution in [0.5, 0.6) is 0 Å². The van der Waals surface area contributed by atoms with Gasteiger partial charge in [-0.15, -0.1) is 5.10 Å². The topological polar surface area (TPSA) is 75.0 Å². The minimum atomic E-state index is -0.376. The summed E-state index contributed by atoms with van der Waals surface area (Å²) in [6, 6.07) is 9.98. The van der Waals surface area contributed by atoms with E-state index in [1.165, 1.54) is 23.9 Å². The van der Waals surface area contributed by atoms with Crippen molar-refractivity contribution in [3.05, 3.63) is 65.1 Å². The molecule has 1 amide bonds. The van der Waals surface area contributed by atoms with E-state index in [9.17, 15) is 9.18 Å². The minimum Gasteiger partial charge on any atom is -0.462 e. The fourth-order valence-corrected chi connectivity index (χ4v) is 3.44. The Bertz CT molecular complexity index is 982. The molecule has 1 atom stereocenters. The van der Waals surface area contributed by atoms with Gasteiger partial charge in [0.05, 0.1) is 5.25 Å². The number of hydrogen-bond acceptors (Lipinski definition) is 5. The van der Waals surface area contributed by atoms with Crippen molar-refractivity contribution in [1.29, 1.82) is 0 Å². The van der Waals surface area contributed by atoms with Crippen LogP contribution in [0.25, 0.3) is 12.2 Å². The molecule has 0 fully saturated rings. The quantitative estimate of drug-likeness (QED) is 0.603. The van der Waals surface area contributed by atoms with Crippen molar-refractivity contribution < 1.29 is 13.6 Å². The fourth-order valence-electron chi connectivity index (χ4n) is 2.60. The maximum Gasteiger partial charge on any atom is 0.235 e. The fraction of sp³-hybridized carbons (Fsp3) is 0.250. The third kappa shape index (κ3) is 5.32. The molecule has 0 radical (unpaired) electrons. The first kappa shape index (κ1) is 19.9. The van der Waals surface area contributed by atoms with Crippen molar-refractivity contribution in [3.8, 4) is 0 Å². The highest BCUT2D eigenvalue weighted by molar-refractivity contribution is 8.00. The van der Waals surface area contributed by atoms with E-state index in [1.54, 1.807) is 43.2 Å². The Morgan fingerprint density at radius 2 is 2.18 bits per heavy atom. The number of carbonyl (C=O) groups excluding carboxylic acids is 1. The van der Waals surface area contributed by atoms with Crippen molar-refractivity contribution in [2.75, 3.05) is 7.05 Å². The Kier molecular flexibility index (Phi) is 6.30. The first-order valence-electron chi connectivity index (χ1n) is 8.73. The SMILES string of the molecule is Cc1ccc(/C=C/c2nc(S[C@@H](C)C(=O)N(C)Cc3cccc(F)c3)n[nH]2)o1. The number of benzene rings is 1. The second kappa shape index (κ2) is 8.88. The van der Waals surface area contributed by atoms with Crippen molar-refractivity contribution in [1.82, 2.24) is 20.1 Å². The Morgan fingerprint density at radius 1 is 1.36 bits per heavy atom.